The largest absolute Gasteiger partial charge is 0.508 e. The highest BCUT2D eigenvalue weighted by Gasteiger charge is 2.05. The van der Waals surface area contributed by atoms with E-state index in [1.165, 1.54) is 0 Å². The van der Waals surface area contributed by atoms with Crippen LogP contribution in [0.15, 0.2) is 18.2 Å². The van der Waals surface area contributed by atoms with E-state index in [-0.39, 0.29) is 0 Å². The van der Waals surface area contributed by atoms with E-state index in [1.54, 1.807) is 18.2 Å². The summed E-state index contributed by atoms with van der Waals surface area (Å²) in [6.07, 6.45) is 0. The van der Waals surface area contributed by atoms with Gasteiger partial charge in [0.05, 0.1) is 0 Å². The first-order valence-corrected chi connectivity index (χ1v) is 6.95. The van der Waals surface area contributed by atoms with Crippen molar-refractivity contribution in [3.05, 3.63) is 28.8 Å². The van der Waals surface area contributed by atoms with Crippen LogP contribution >= 0.6 is 23.4 Å². The summed E-state index contributed by atoms with van der Waals surface area (Å²) in [4.78, 5) is 0. The van der Waals surface area contributed by atoms with E-state index < -0.39 is 0 Å². The fourth-order valence-corrected chi connectivity index (χ4v) is 2.24. The lowest BCUT2D eigenvalue weighted by Gasteiger charge is -2.13. The van der Waals surface area contributed by atoms with Gasteiger partial charge in [-0.25, -0.2) is 0 Å². The molecule has 16 heavy (non-hydrogen) atoms. The molecule has 0 bridgehead atoms. The van der Waals surface area contributed by atoms with Crippen molar-refractivity contribution in [2.24, 2.45) is 0 Å². The maximum atomic E-state index is 9.62. The highest BCUT2D eigenvalue weighted by atomic mass is 35.5. The lowest BCUT2D eigenvalue weighted by Crippen LogP contribution is -2.27. The summed E-state index contributed by atoms with van der Waals surface area (Å²) in [7, 11) is 0. The summed E-state index contributed by atoms with van der Waals surface area (Å²) in [6, 6.07) is 5.55. The van der Waals surface area contributed by atoms with Crippen LogP contribution in [0.1, 0.15) is 19.4 Å². The molecule has 2 nitrogen and oxygen atoms in total. The van der Waals surface area contributed by atoms with Crippen LogP contribution in [-0.4, -0.2) is 22.7 Å². The van der Waals surface area contributed by atoms with Gasteiger partial charge in [0.25, 0.3) is 0 Å². The summed E-state index contributed by atoms with van der Waals surface area (Å²) < 4.78 is 0. The van der Waals surface area contributed by atoms with E-state index in [9.17, 15) is 5.11 Å². The Bertz CT molecular complexity index is 333. The second kappa shape index (κ2) is 7.05. The molecule has 0 aliphatic rings. The summed E-state index contributed by atoms with van der Waals surface area (Å²) >= 11 is 7.78. The van der Waals surface area contributed by atoms with Gasteiger partial charge in [0.1, 0.15) is 5.75 Å². The number of aromatic hydroxyl groups is 1. The van der Waals surface area contributed by atoms with Gasteiger partial charge in [-0.3, -0.25) is 0 Å². The monoisotopic (exact) mass is 259 g/mol. The lowest BCUT2D eigenvalue weighted by molar-refractivity contribution is 0.461. The minimum Gasteiger partial charge on any atom is -0.508 e. The van der Waals surface area contributed by atoms with Crippen molar-refractivity contribution in [3.8, 4) is 5.75 Å². The summed E-state index contributed by atoms with van der Waals surface area (Å²) in [6.45, 7) is 4.95. The molecule has 0 radical (unpaired) electrons. The smallest absolute Gasteiger partial charge is 0.120 e. The van der Waals surface area contributed by atoms with E-state index >= 15 is 0 Å². The molecule has 1 rings (SSSR count). The quantitative estimate of drug-likeness (QED) is 0.822. The van der Waals surface area contributed by atoms with Crippen LogP contribution < -0.4 is 5.32 Å². The van der Waals surface area contributed by atoms with E-state index in [4.69, 9.17) is 11.6 Å². The molecule has 1 unspecified atom stereocenters. The number of phenolic OH excluding ortho intramolecular Hbond substituents is 1. The Hall–Kier alpha value is -0.380. The Morgan fingerprint density at radius 1 is 1.50 bits per heavy atom. The Morgan fingerprint density at radius 2 is 2.25 bits per heavy atom. The van der Waals surface area contributed by atoms with E-state index in [2.05, 4.69) is 19.2 Å². The SMILES string of the molecule is CCSCC(C)NCc1cc(Cl)ccc1O. The number of phenols is 1. The molecule has 2 N–H and O–H groups in total. The summed E-state index contributed by atoms with van der Waals surface area (Å²) in [5.41, 5.74) is 0.848. The number of nitrogens with one attached hydrogen (secondary N) is 1. The average Bonchev–Trinajstić information content (AvgIpc) is 2.27. The maximum Gasteiger partial charge on any atom is 0.120 e. The topological polar surface area (TPSA) is 32.3 Å². The van der Waals surface area contributed by atoms with Crippen molar-refractivity contribution in [1.29, 1.82) is 0 Å². The van der Waals surface area contributed by atoms with Gasteiger partial charge in [-0.1, -0.05) is 18.5 Å². The molecule has 4 heteroatoms. The third-order valence-electron chi connectivity index (χ3n) is 2.25. The Balaban J connectivity index is 2.44. The highest BCUT2D eigenvalue weighted by Crippen LogP contribution is 2.21. The van der Waals surface area contributed by atoms with Crippen LogP contribution in [0.2, 0.25) is 5.02 Å². The maximum absolute atomic E-state index is 9.62. The normalized spacial score (nSPS) is 12.7. The fourth-order valence-electron chi connectivity index (χ4n) is 1.33. The summed E-state index contributed by atoms with van der Waals surface area (Å²) in [5.74, 6) is 2.51. The minimum absolute atomic E-state index is 0.298. The summed E-state index contributed by atoms with van der Waals surface area (Å²) in [5, 5.41) is 13.6. The van der Waals surface area contributed by atoms with Crippen molar-refractivity contribution >= 4 is 23.4 Å². The molecule has 0 aliphatic carbocycles. The minimum atomic E-state index is 0.298. The molecule has 1 aromatic carbocycles. The number of hydrogen-bond acceptors (Lipinski definition) is 3. The Labute approximate surface area is 106 Å². The van der Waals surface area contributed by atoms with Crippen molar-refractivity contribution in [2.75, 3.05) is 11.5 Å². The molecule has 0 saturated heterocycles. The number of hydrogen-bond donors (Lipinski definition) is 2. The van der Waals surface area contributed by atoms with Gasteiger partial charge in [0.15, 0.2) is 0 Å². The van der Waals surface area contributed by atoms with Gasteiger partial charge >= 0.3 is 0 Å². The molecule has 0 fully saturated rings. The first-order chi connectivity index (χ1) is 7.63. The van der Waals surface area contributed by atoms with Crippen LogP contribution in [-0.2, 0) is 6.54 Å². The third kappa shape index (κ3) is 4.64. The molecule has 0 aromatic heterocycles. The molecule has 0 spiro atoms. The second-order valence-electron chi connectivity index (χ2n) is 3.71. The van der Waals surface area contributed by atoms with Crippen LogP contribution in [0.5, 0.6) is 5.75 Å². The second-order valence-corrected chi connectivity index (χ2v) is 5.47. The van der Waals surface area contributed by atoms with Gasteiger partial charge in [-0.15, -0.1) is 0 Å². The first kappa shape index (κ1) is 13.7. The predicted molar refractivity (Wildman–Crippen MR) is 72.4 cm³/mol. The van der Waals surface area contributed by atoms with Gasteiger partial charge in [0.2, 0.25) is 0 Å². The van der Waals surface area contributed by atoms with Gasteiger partial charge in [0, 0.05) is 28.9 Å². The Morgan fingerprint density at radius 3 is 2.94 bits per heavy atom. The predicted octanol–water partition coefficient (Wildman–Crippen LogP) is 3.28. The van der Waals surface area contributed by atoms with Gasteiger partial charge < -0.3 is 10.4 Å². The van der Waals surface area contributed by atoms with Crippen molar-refractivity contribution in [2.45, 2.75) is 26.4 Å². The zero-order chi connectivity index (χ0) is 12.0. The fraction of sp³-hybridized carbons (Fsp3) is 0.500. The van der Waals surface area contributed by atoms with Crippen molar-refractivity contribution < 1.29 is 5.11 Å². The van der Waals surface area contributed by atoms with E-state index in [1.807, 2.05) is 11.8 Å². The van der Waals surface area contributed by atoms with Crippen LogP contribution in [0.3, 0.4) is 0 Å². The molecule has 0 aliphatic heterocycles. The zero-order valence-electron chi connectivity index (χ0n) is 9.66. The molecule has 1 aromatic rings. The number of thioether (sulfide) groups is 1. The molecular formula is C12H18ClNOS. The van der Waals surface area contributed by atoms with Crippen molar-refractivity contribution in [1.82, 2.24) is 5.32 Å². The molecule has 0 amide bonds. The van der Waals surface area contributed by atoms with Crippen molar-refractivity contribution in [3.63, 3.8) is 0 Å². The third-order valence-corrected chi connectivity index (χ3v) is 3.63. The molecule has 90 valence electrons. The van der Waals surface area contributed by atoms with Crippen LogP contribution in [0.4, 0.5) is 0 Å². The van der Waals surface area contributed by atoms with E-state index in [0.717, 1.165) is 17.1 Å². The van der Waals surface area contributed by atoms with Crippen LogP contribution in [0.25, 0.3) is 0 Å². The van der Waals surface area contributed by atoms with Crippen LogP contribution in [0, 0.1) is 0 Å². The van der Waals surface area contributed by atoms with E-state index in [0.29, 0.717) is 23.4 Å². The standard InChI is InChI=1S/C12H18ClNOS/c1-3-16-8-9(2)14-7-10-6-11(13)4-5-12(10)15/h4-6,9,14-15H,3,7-8H2,1-2H3. The number of halogens is 1. The number of rotatable bonds is 6. The molecular weight excluding hydrogens is 242 g/mol. The zero-order valence-corrected chi connectivity index (χ0v) is 11.2. The first-order valence-electron chi connectivity index (χ1n) is 5.42. The molecule has 1 atom stereocenters. The lowest BCUT2D eigenvalue weighted by atomic mass is 10.2. The molecule has 0 heterocycles. The number of benzene rings is 1. The van der Waals surface area contributed by atoms with Gasteiger partial charge in [-0.2, -0.15) is 11.8 Å². The Kier molecular flexibility index (Phi) is 6.03. The highest BCUT2D eigenvalue weighted by molar-refractivity contribution is 7.99. The molecule has 0 saturated carbocycles. The van der Waals surface area contributed by atoms with Gasteiger partial charge in [-0.05, 0) is 30.9 Å². The average molecular weight is 260 g/mol.